The molecular formula is C14H16N2OS. The summed E-state index contributed by atoms with van der Waals surface area (Å²) in [5, 5.41) is 2.55. The quantitative estimate of drug-likeness (QED) is 0.860. The molecule has 2 N–H and O–H groups in total. The van der Waals surface area contributed by atoms with E-state index in [0.29, 0.717) is 23.7 Å². The van der Waals surface area contributed by atoms with Gasteiger partial charge in [-0.3, -0.25) is 4.79 Å². The zero-order valence-electron chi connectivity index (χ0n) is 10.5. The van der Waals surface area contributed by atoms with Gasteiger partial charge in [-0.1, -0.05) is 38.1 Å². The molecule has 2 aromatic rings. The number of aromatic nitrogens is 1. The van der Waals surface area contributed by atoms with Crippen LogP contribution in [0.15, 0.2) is 29.6 Å². The predicted octanol–water partition coefficient (Wildman–Crippen LogP) is 2.96. The first-order valence-corrected chi connectivity index (χ1v) is 6.79. The number of thiazole rings is 1. The lowest BCUT2D eigenvalue weighted by molar-refractivity contribution is 0.103. The molecule has 1 aromatic carbocycles. The number of ketones is 1. The van der Waals surface area contributed by atoms with Gasteiger partial charge in [-0.05, 0) is 11.5 Å². The fourth-order valence-electron chi connectivity index (χ4n) is 1.68. The topological polar surface area (TPSA) is 56.0 Å². The molecule has 0 aliphatic rings. The maximum absolute atomic E-state index is 12.2. The second-order valence-electron chi connectivity index (χ2n) is 4.44. The summed E-state index contributed by atoms with van der Waals surface area (Å²) < 4.78 is 0. The smallest absolute Gasteiger partial charge is 0.212 e. The molecule has 0 unspecified atom stereocenters. The third-order valence-corrected chi connectivity index (χ3v) is 3.67. The van der Waals surface area contributed by atoms with E-state index < -0.39 is 0 Å². The molecule has 0 bridgehead atoms. The highest BCUT2D eigenvalue weighted by molar-refractivity contribution is 7.09. The zero-order chi connectivity index (χ0) is 13.1. The number of hydrogen-bond donors (Lipinski definition) is 1. The van der Waals surface area contributed by atoms with E-state index in [1.165, 1.54) is 16.9 Å². The highest BCUT2D eigenvalue weighted by atomic mass is 32.1. The Kier molecular flexibility index (Phi) is 3.89. The second-order valence-corrected chi connectivity index (χ2v) is 5.38. The van der Waals surface area contributed by atoms with Crippen LogP contribution in [0.3, 0.4) is 0 Å². The number of rotatable bonds is 4. The van der Waals surface area contributed by atoms with Gasteiger partial charge in [-0.2, -0.15) is 0 Å². The lowest BCUT2D eigenvalue weighted by Crippen LogP contribution is -2.03. The maximum atomic E-state index is 12.2. The molecule has 4 heteroatoms. The SMILES string of the molecule is CC(C)c1ccc(C(=O)c2csc(CN)n2)cc1. The van der Waals surface area contributed by atoms with E-state index in [0.717, 1.165) is 5.01 Å². The van der Waals surface area contributed by atoms with Crippen molar-refractivity contribution < 1.29 is 4.79 Å². The summed E-state index contributed by atoms with van der Waals surface area (Å²) in [6.07, 6.45) is 0. The van der Waals surface area contributed by atoms with Gasteiger partial charge in [-0.15, -0.1) is 11.3 Å². The first-order chi connectivity index (χ1) is 8.61. The molecule has 94 valence electrons. The van der Waals surface area contributed by atoms with E-state index >= 15 is 0 Å². The number of carbonyl (C=O) groups excluding carboxylic acids is 1. The van der Waals surface area contributed by atoms with Gasteiger partial charge < -0.3 is 5.73 Å². The van der Waals surface area contributed by atoms with Crippen molar-refractivity contribution in [2.45, 2.75) is 26.3 Å². The van der Waals surface area contributed by atoms with Crippen LogP contribution < -0.4 is 5.73 Å². The molecular weight excluding hydrogens is 244 g/mol. The number of carbonyl (C=O) groups is 1. The fourth-order valence-corrected chi connectivity index (χ4v) is 2.33. The minimum atomic E-state index is -0.0405. The summed E-state index contributed by atoms with van der Waals surface area (Å²) in [5.74, 6) is 0.429. The van der Waals surface area contributed by atoms with Gasteiger partial charge in [0.2, 0.25) is 5.78 Å². The van der Waals surface area contributed by atoms with Crippen molar-refractivity contribution in [3.63, 3.8) is 0 Å². The van der Waals surface area contributed by atoms with Crippen molar-refractivity contribution in [3.05, 3.63) is 51.5 Å². The van der Waals surface area contributed by atoms with Crippen LogP contribution in [0, 0.1) is 0 Å². The van der Waals surface area contributed by atoms with Gasteiger partial charge in [0, 0.05) is 17.5 Å². The maximum Gasteiger partial charge on any atom is 0.212 e. The Labute approximate surface area is 111 Å². The summed E-state index contributed by atoms with van der Waals surface area (Å²) in [4.78, 5) is 16.4. The molecule has 3 nitrogen and oxygen atoms in total. The summed E-state index contributed by atoms with van der Waals surface area (Å²) in [6.45, 7) is 4.64. The van der Waals surface area contributed by atoms with Crippen molar-refractivity contribution >= 4 is 17.1 Å². The zero-order valence-corrected chi connectivity index (χ0v) is 11.3. The highest BCUT2D eigenvalue weighted by Crippen LogP contribution is 2.18. The molecule has 0 spiro atoms. The van der Waals surface area contributed by atoms with Crippen LogP contribution in [0.1, 0.15) is 46.4 Å². The van der Waals surface area contributed by atoms with Crippen LogP contribution in [0.2, 0.25) is 0 Å². The molecule has 0 saturated carbocycles. The summed E-state index contributed by atoms with van der Waals surface area (Å²) in [6, 6.07) is 7.71. The Hall–Kier alpha value is -1.52. The lowest BCUT2D eigenvalue weighted by atomic mass is 10.00. The molecule has 1 aromatic heterocycles. The molecule has 2 rings (SSSR count). The third kappa shape index (κ3) is 2.66. The van der Waals surface area contributed by atoms with E-state index in [4.69, 9.17) is 5.73 Å². The Morgan fingerprint density at radius 2 is 2.00 bits per heavy atom. The van der Waals surface area contributed by atoms with Crippen LogP contribution in [-0.4, -0.2) is 10.8 Å². The Balaban J connectivity index is 2.23. The van der Waals surface area contributed by atoms with E-state index in [1.807, 2.05) is 24.3 Å². The molecule has 0 atom stereocenters. The van der Waals surface area contributed by atoms with E-state index in [2.05, 4.69) is 18.8 Å². The van der Waals surface area contributed by atoms with Gasteiger partial charge in [0.05, 0.1) is 0 Å². The number of hydrogen-bond acceptors (Lipinski definition) is 4. The number of benzene rings is 1. The lowest BCUT2D eigenvalue weighted by Gasteiger charge is -2.05. The number of nitrogens with two attached hydrogens (primary N) is 1. The molecule has 0 fully saturated rings. The normalized spacial score (nSPS) is 10.9. The minimum Gasteiger partial charge on any atom is -0.325 e. The van der Waals surface area contributed by atoms with E-state index in [9.17, 15) is 4.79 Å². The largest absolute Gasteiger partial charge is 0.325 e. The third-order valence-electron chi connectivity index (χ3n) is 2.80. The molecule has 0 amide bonds. The minimum absolute atomic E-state index is 0.0405. The number of nitrogens with zero attached hydrogens (tertiary/aromatic N) is 1. The Morgan fingerprint density at radius 1 is 1.33 bits per heavy atom. The fraction of sp³-hybridized carbons (Fsp3) is 0.286. The van der Waals surface area contributed by atoms with Gasteiger partial charge in [0.1, 0.15) is 10.7 Å². The first kappa shape index (κ1) is 12.9. The molecule has 0 saturated heterocycles. The van der Waals surface area contributed by atoms with E-state index in [-0.39, 0.29) is 5.78 Å². The summed E-state index contributed by atoms with van der Waals surface area (Å²) in [7, 11) is 0. The van der Waals surface area contributed by atoms with Crippen molar-refractivity contribution in [1.29, 1.82) is 0 Å². The molecule has 0 aliphatic heterocycles. The average Bonchev–Trinajstić information content (AvgIpc) is 2.86. The van der Waals surface area contributed by atoms with E-state index in [1.54, 1.807) is 5.38 Å². The molecule has 0 aliphatic carbocycles. The highest BCUT2D eigenvalue weighted by Gasteiger charge is 2.13. The Morgan fingerprint density at radius 3 is 2.50 bits per heavy atom. The standard InChI is InChI=1S/C14H16N2OS/c1-9(2)10-3-5-11(6-4-10)14(17)12-8-18-13(7-15)16-12/h3-6,8-9H,7,15H2,1-2H3. The van der Waals surface area contributed by atoms with Gasteiger partial charge in [0.15, 0.2) is 0 Å². The van der Waals surface area contributed by atoms with Crippen LogP contribution in [0.5, 0.6) is 0 Å². The Bertz CT molecular complexity index is 543. The van der Waals surface area contributed by atoms with Crippen molar-refractivity contribution in [1.82, 2.24) is 4.98 Å². The van der Waals surface area contributed by atoms with Crippen molar-refractivity contribution in [2.24, 2.45) is 5.73 Å². The monoisotopic (exact) mass is 260 g/mol. The second kappa shape index (κ2) is 5.42. The predicted molar refractivity (Wildman–Crippen MR) is 74.0 cm³/mol. The van der Waals surface area contributed by atoms with Gasteiger partial charge in [0.25, 0.3) is 0 Å². The summed E-state index contributed by atoms with van der Waals surface area (Å²) in [5.41, 5.74) is 7.88. The van der Waals surface area contributed by atoms with Crippen LogP contribution in [0.4, 0.5) is 0 Å². The van der Waals surface area contributed by atoms with Crippen LogP contribution >= 0.6 is 11.3 Å². The van der Waals surface area contributed by atoms with Crippen LogP contribution in [0.25, 0.3) is 0 Å². The molecule has 0 radical (unpaired) electrons. The first-order valence-electron chi connectivity index (χ1n) is 5.91. The molecule has 18 heavy (non-hydrogen) atoms. The summed E-state index contributed by atoms with van der Waals surface area (Å²) >= 11 is 1.42. The van der Waals surface area contributed by atoms with Crippen molar-refractivity contribution in [3.8, 4) is 0 Å². The van der Waals surface area contributed by atoms with Gasteiger partial charge in [-0.25, -0.2) is 4.98 Å². The van der Waals surface area contributed by atoms with Gasteiger partial charge >= 0.3 is 0 Å². The molecule has 1 heterocycles. The average molecular weight is 260 g/mol. The van der Waals surface area contributed by atoms with Crippen LogP contribution in [-0.2, 0) is 6.54 Å². The van der Waals surface area contributed by atoms with Crippen molar-refractivity contribution in [2.75, 3.05) is 0 Å².